The molecule has 0 aliphatic rings. The van der Waals surface area contributed by atoms with Gasteiger partial charge in [-0.05, 0) is 18.6 Å². The van der Waals surface area contributed by atoms with Gasteiger partial charge >= 0.3 is 12.1 Å². The normalized spacial score (nSPS) is 11.6. The Bertz CT molecular complexity index is 979. The third-order valence-corrected chi connectivity index (χ3v) is 5.48. The van der Waals surface area contributed by atoms with Crippen LogP contribution in [0.5, 0.6) is 0 Å². The van der Waals surface area contributed by atoms with Crippen molar-refractivity contribution >= 4 is 29.3 Å². The summed E-state index contributed by atoms with van der Waals surface area (Å²) in [6.45, 7) is 2.31. The zero-order chi connectivity index (χ0) is 22.5. The van der Waals surface area contributed by atoms with Crippen molar-refractivity contribution in [3.8, 4) is 11.3 Å². The lowest BCUT2D eigenvalue weighted by molar-refractivity contribution is -0.144. The van der Waals surface area contributed by atoms with Crippen LogP contribution in [0.2, 0.25) is 5.02 Å². The maximum atomic E-state index is 14.4. The van der Waals surface area contributed by atoms with Gasteiger partial charge in [-0.1, -0.05) is 31.4 Å². The molecule has 11 heteroatoms. The minimum Gasteiger partial charge on any atom is -0.465 e. The van der Waals surface area contributed by atoms with E-state index in [2.05, 4.69) is 5.10 Å². The number of benzene rings is 1. The van der Waals surface area contributed by atoms with Gasteiger partial charge < -0.3 is 4.74 Å². The molecule has 0 radical (unpaired) electrons. The predicted molar refractivity (Wildman–Crippen MR) is 106 cm³/mol. The number of ether oxygens (including phenoxy) is 1. The molecule has 0 atom stereocenters. The van der Waals surface area contributed by atoms with Crippen LogP contribution in [0, 0.1) is 5.82 Å². The highest BCUT2D eigenvalue weighted by atomic mass is 35.5. The lowest BCUT2D eigenvalue weighted by Crippen LogP contribution is -2.22. The third-order valence-electron chi connectivity index (χ3n) is 4.02. The van der Waals surface area contributed by atoms with Gasteiger partial charge in [-0.25, -0.2) is 4.39 Å². The number of carbonyl (C=O) groups excluding carboxylic acids is 1. The third kappa shape index (κ3) is 6.21. The summed E-state index contributed by atoms with van der Waals surface area (Å²) >= 11 is 6.97. The topological polar surface area (TPSA) is 61.2 Å². The minimum absolute atomic E-state index is 0.0104. The van der Waals surface area contributed by atoms with Gasteiger partial charge in [0.2, 0.25) is 5.43 Å². The van der Waals surface area contributed by atoms with Gasteiger partial charge in [-0.3, -0.25) is 14.3 Å². The van der Waals surface area contributed by atoms with Crippen LogP contribution in [-0.4, -0.2) is 28.1 Å². The standard InChI is InChI=1S/C19H19ClF4N2O3S/c1-3-4-5-6-29-17(28)10-30-15-7-11(13(21)8-12(15)20)18-14(27)9-16(19(22,23)24)26(2)25-18/h7-9H,3-6,10H2,1-2H3. The molecule has 0 unspecified atom stereocenters. The quantitative estimate of drug-likeness (QED) is 0.235. The Morgan fingerprint density at radius 3 is 2.60 bits per heavy atom. The molecular weight excluding hydrogens is 448 g/mol. The van der Waals surface area contributed by atoms with Crippen molar-refractivity contribution < 1.29 is 27.1 Å². The fraction of sp³-hybridized carbons (Fsp3) is 0.421. The lowest BCUT2D eigenvalue weighted by Gasteiger charge is -2.13. The molecule has 0 saturated heterocycles. The van der Waals surface area contributed by atoms with Gasteiger partial charge in [0.05, 0.1) is 17.4 Å². The zero-order valence-electron chi connectivity index (χ0n) is 16.2. The first-order chi connectivity index (χ1) is 14.0. The van der Waals surface area contributed by atoms with E-state index in [0.717, 1.165) is 44.1 Å². The molecule has 0 N–H and O–H groups in total. The number of nitrogens with zero attached hydrogens (tertiary/aromatic N) is 2. The summed E-state index contributed by atoms with van der Waals surface area (Å²) in [5.41, 5.74) is -3.16. The van der Waals surface area contributed by atoms with Crippen LogP contribution in [-0.2, 0) is 22.8 Å². The van der Waals surface area contributed by atoms with Crippen LogP contribution in [0.4, 0.5) is 17.6 Å². The minimum atomic E-state index is -4.78. The maximum absolute atomic E-state index is 14.4. The van der Waals surface area contributed by atoms with Crippen molar-refractivity contribution in [3.05, 3.63) is 45.0 Å². The molecule has 1 aromatic heterocycles. The van der Waals surface area contributed by atoms with Crippen molar-refractivity contribution in [2.24, 2.45) is 7.05 Å². The Kier molecular flexibility index (Phi) is 8.31. The predicted octanol–water partition coefficient (Wildman–Crippen LogP) is 5.08. The van der Waals surface area contributed by atoms with E-state index in [0.29, 0.717) is 17.4 Å². The smallest absolute Gasteiger partial charge is 0.433 e. The molecule has 0 bridgehead atoms. The second-order valence-electron chi connectivity index (χ2n) is 6.34. The molecule has 0 saturated carbocycles. The van der Waals surface area contributed by atoms with Crippen LogP contribution < -0.4 is 5.43 Å². The molecule has 1 aromatic carbocycles. The number of alkyl halides is 3. The summed E-state index contributed by atoms with van der Waals surface area (Å²) in [5, 5.41) is 3.58. The van der Waals surface area contributed by atoms with Gasteiger partial charge in [-0.15, -0.1) is 11.8 Å². The Balaban J connectivity index is 2.26. The molecule has 0 aliphatic heterocycles. The van der Waals surface area contributed by atoms with Crippen molar-refractivity contribution in [2.45, 2.75) is 37.3 Å². The second-order valence-corrected chi connectivity index (χ2v) is 7.77. The van der Waals surface area contributed by atoms with Crippen molar-refractivity contribution in [1.29, 1.82) is 0 Å². The first-order valence-electron chi connectivity index (χ1n) is 8.98. The Morgan fingerprint density at radius 1 is 1.27 bits per heavy atom. The number of rotatable bonds is 8. The highest BCUT2D eigenvalue weighted by Gasteiger charge is 2.34. The molecule has 2 aromatic rings. The molecule has 5 nitrogen and oxygen atoms in total. The fourth-order valence-electron chi connectivity index (χ4n) is 2.53. The first-order valence-corrected chi connectivity index (χ1v) is 10.3. The summed E-state index contributed by atoms with van der Waals surface area (Å²) in [6, 6.07) is 2.46. The van der Waals surface area contributed by atoms with E-state index in [9.17, 15) is 27.2 Å². The van der Waals surface area contributed by atoms with E-state index in [4.69, 9.17) is 16.3 Å². The van der Waals surface area contributed by atoms with Crippen molar-refractivity contribution in [3.63, 3.8) is 0 Å². The molecule has 0 fully saturated rings. The number of halogens is 5. The number of esters is 1. The van der Waals surface area contributed by atoms with E-state index in [1.54, 1.807) is 0 Å². The summed E-state index contributed by atoms with van der Waals surface area (Å²) in [4.78, 5) is 24.2. The largest absolute Gasteiger partial charge is 0.465 e. The average molecular weight is 467 g/mol. The van der Waals surface area contributed by atoms with E-state index in [1.807, 2.05) is 6.92 Å². The number of unbranched alkanes of at least 4 members (excludes halogenated alkanes) is 2. The van der Waals surface area contributed by atoms with Crippen LogP contribution >= 0.6 is 23.4 Å². The number of thioether (sulfide) groups is 1. The Morgan fingerprint density at radius 2 is 1.97 bits per heavy atom. The van der Waals surface area contributed by atoms with Crippen LogP contribution in [0.25, 0.3) is 11.3 Å². The van der Waals surface area contributed by atoms with E-state index < -0.39 is 34.8 Å². The second kappa shape index (κ2) is 10.3. The highest BCUT2D eigenvalue weighted by Crippen LogP contribution is 2.34. The molecule has 2 rings (SSSR count). The number of hydrogen-bond donors (Lipinski definition) is 0. The monoisotopic (exact) mass is 466 g/mol. The molecule has 1 heterocycles. The van der Waals surface area contributed by atoms with Crippen LogP contribution in [0.1, 0.15) is 31.9 Å². The zero-order valence-corrected chi connectivity index (χ0v) is 17.8. The van der Waals surface area contributed by atoms with E-state index in [-0.39, 0.29) is 21.2 Å². The molecule has 0 amide bonds. The maximum Gasteiger partial charge on any atom is 0.433 e. The van der Waals surface area contributed by atoms with Crippen LogP contribution in [0.15, 0.2) is 27.9 Å². The molecule has 30 heavy (non-hydrogen) atoms. The number of aryl methyl sites for hydroxylation is 1. The summed E-state index contributed by atoms with van der Waals surface area (Å²) in [7, 11) is 1.00. The summed E-state index contributed by atoms with van der Waals surface area (Å²) in [5.74, 6) is -1.51. The summed E-state index contributed by atoms with van der Waals surface area (Å²) in [6.07, 6.45) is -2.12. The van der Waals surface area contributed by atoms with E-state index >= 15 is 0 Å². The lowest BCUT2D eigenvalue weighted by atomic mass is 10.1. The molecule has 164 valence electrons. The van der Waals surface area contributed by atoms with Crippen LogP contribution in [0.3, 0.4) is 0 Å². The fourth-order valence-corrected chi connectivity index (χ4v) is 3.60. The number of hydrogen-bond acceptors (Lipinski definition) is 5. The first kappa shape index (κ1) is 24.2. The Hall–Kier alpha value is -2.07. The highest BCUT2D eigenvalue weighted by molar-refractivity contribution is 8.00. The van der Waals surface area contributed by atoms with Gasteiger partial charge in [0.25, 0.3) is 0 Å². The number of carbonyl (C=O) groups is 1. The Labute approximate surface area is 179 Å². The molecule has 0 spiro atoms. The number of aromatic nitrogens is 2. The van der Waals surface area contributed by atoms with E-state index in [1.165, 1.54) is 6.07 Å². The van der Waals surface area contributed by atoms with Gasteiger partial charge in [-0.2, -0.15) is 18.3 Å². The van der Waals surface area contributed by atoms with Crippen molar-refractivity contribution in [2.75, 3.05) is 12.4 Å². The van der Waals surface area contributed by atoms with Gasteiger partial charge in [0, 0.05) is 23.6 Å². The average Bonchev–Trinajstić information content (AvgIpc) is 2.65. The van der Waals surface area contributed by atoms with Gasteiger partial charge in [0.1, 0.15) is 17.2 Å². The molecular formula is C19H19ClF4N2O3S. The van der Waals surface area contributed by atoms with Crippen molar-refractivity contribution in [1.82, 2.24) is 9.78 Å². The molecule has 0 aliphatic carbocycles. The summed E-state index contributed by atoms with van der Waals surface area (Å²) < 4.78 is 58.7. The van der Waals surface area contributed by atoms with Gasteiger partial charge in [0.15, 0.2) is 0 Å². The SMILES string of the molecule is CCCCCOC(=O)CSc1cc(-c2nn(C)c(C(F)(F)F)cc2=O)c(F)cc1Cl.